The van der Waals surface area contributed by atoms with Gasteiger partial charge in [-0.25, -0.2) is 0 Å². The average molecular weight is 265 g/mol. The minimum Gasteiger partial charge on any atom is -0.493 e. The molecular formula is C15H23NO3. The maximum absolute atomic E-state index is 12.2. The van der Waals surface area contributed by atoms with Crippen molar-refractivity contribution in [1.82, 2.24) is 4.90 Å². The zero-order chi connectivity index (χ0) is 14.1. The van der Waals surface area contributed by atoms with Gasteiger partial charge in [-0.3, -0.25) is 9.69 Å². The molecule has 0 heterocycles. The third-order valence-corrected chi connectivity index (χ3v) is 2.72. The first-order chi connectivity index (χ1) is 9.19. The highest BCUT2D eigenvalue weighted by molar-refractivity contribution is 6.00. The molecule has 0 N–H and O–H groups in total. The van der Waals surface area contributed by atoms with E-state index in [4.69, 9.17) is 9.47 Å². The van der Waals surface area contributed by atoms with E-state index in [2.05, 4.69) is 0 Å². The van der Waals surface area contributed by atoms with Crippen LogP contribution >= 0.6 is 0 Å². The summed E-state index contributed by atoms with van der Waals surface area (Å²) in [5.41, 5.74) is 0.646. The van der Waals surface area contributed by atoms with Crippen molar-refractivity contribution in [2.45, 2.75) is 13.8 Å². The minimum atomic E-state index is 0.0723. The van der Waals surface area contributed by atoms with Crippen LogP contribution in [0.4, 0.5) is 0 Å². The summed E-state index contributed by atoms with van der Waals surface area (Å²) < 4.78 is 10.8. The lowest BCUT2D eigenvalue weighted by Gasteiger charge is -2.16. The highest BCUT2D eigenvalue weighted by atomic mass is 16.5. The molecule has 0 unspecified atom stereocenters. The summed E-state index contributed by atoms with van der Waals surface area (Å²) in [6.45, 7) is 6.90. The molecule has 0 aliphatic rings. The summed E-state index contributed by atoms with van der Waals surface area (Å²) in [4.78, 5) is 14.2. The Hall–Kier alpha value is -1.39. The highest BCUT2D eigenvalue weighted by Gasteiger charge is 2.13. The zero-order valence-electron chi connectivity index (χ0n) is 12.0. The smallest absolute Gasteiger partial charge is 0.180 e. The number of rotatable bonds is 9. The number of ether oxygens (including phenoxy) is 2. The van der Waals surface area contributed by atoms with Gasteiger partial charge in [-0.1, -0.05) is 12.1 Å². The van der Waals surface area contributed by atoms with Gasteiger partial charge in [-0.15, -0.1) is 0 Å². The Kier molecular flexibility index (Phi) is 7.15. The first-order valence-electron chi connectivity index (χ1n) is 6.70. The molecule has 0 aliphatic carbocycles. The van der Waals surface area contributed by atoms with Crippen molar-refractivity contribution >= 4 is 5.78 Å². The Morgan fingerprint density at radius 1 is 1.21 bits per heavy atom. The number of hydrogen-bond acceptors (Lipinski definition) is 4. The Labute approximate surface area is 115 Å². The molecular weight excluding hydrogens is 242 g/mol. The third-order valence-electron chi connectivity index (χ3n) is 2.72. The predicted molar refractivity (Wildman–Crippen MR) is 75.9 cm³/mol. The standard InChI is InChI=1S/C15H23NO3/c1-4-18-11-10-16(3)12-14(17)13-8-6-7-9-15(13)19-5-2/h6-9H,4-5,10-12H2,1-3H3. The molecule has 1 aromatic carbocycles. The topological polar surface area (TPSA) is 38.8 Å². The van der Waals surface area contributed by atoms with E-state index in [0.29, 0.717) is 37.7 Å². The molecule has 0 atom stereocenters. The number of Topliss-reactive ketones (excluding diaryl/α,β-unsaturated/α-hetero) is 1. The second-order valence-corrected chi connectivity index (χ2v) is 4.29. The first kappa shape index (κ1) is 15.7. The van der Waals surface area contributed by atoms with Crippen molar-refractivity contribution in [2.75, 3.05) is 40.0 Å². The van der Waals surface area contributed by atoms with E-state index in [-0.39, 0.29) is 5.78 Å². The number of para-hydroxylation sites is 1. The molecule has 0 aromatic heterocycles. The fraction of sp³-hybridized carbons (Fsp3) is 0.533. The molecule has 19 heavy (non-hydrogen) atoms. The van der Waals surface area contributed by atoms with Gasteiger partial charge in [0.25, 0.3) is 0 Å². The quantitative estimate of drug-likeness (QED) is 0.507. The molecule has 106 valence electrons. The summed E-state index contributed by atoms with van der Waals surface area (Å²) in [6.07, 6.45) is 0. The monoisotopic (exact) mass is 265 g/mol. The summed E-state index contributed by atoms with van der Waals surface area (Å²) in [5.74, 6) is 0.733. The third kappa shape index (κ3) is 5.41. The van der Waals surface area contributed by atoms with Crippen molar-refractivity contribution in [1.29, 1.82) is 0 Å². The van der Waals surface area contributed by atoms with Crippen molar-refractivity contribution in [3.63, 3.8) is 0 Å². The van der Waals surface area contributed by atoms with Crippen LogP contribution in [-0.4, -0.2) is 50.6 Å². The van der Waals surface area contributed by atoms with Gasteiger partial charge in [0, 0.05) is 13.2 Å². The van der Waals surface area contributed by atoms with Crippen LogP contribution in [0, 0.1) is 0 Å². The van der Waals surface area contributed by atoms with Crippen molar-refractivity contribution in [2.24, 2.45) is 0 Å². The summed E-state index contributed by atoms with van der Waals surface area (Å²) in [7, 11) is 1.92. The van der Waals surface area contributed by atoms with Gasteiger partial charge >= 0.3 is 0 Å². The van der Waals surface area contributed by atoms with E-state index < -0.39 is 0 Å². The molecule has 4 heteroatoms. The number of carbonyl (C=O) groups is 1. The van der Waals surface area contributed by atoms with Gasteiger partial charge in [-0.05, 0) is 33.0 Å². The maximum Gasteiger partial charge on any atom is 0.180 e. The molecule has 0 aliphatic heterocycles. The average Bonchev–Trinajstić information content (AvgIpc) is 2.40. The van der Waals surface area contributed by atoms with Crippen LogP contribution in [0.3, 0.4) is 0 Å². The molecule has 1 aromatic rings. The van der Waals surface area contributed by atoms with Crippen molar-refractivity contribution in [3.8, 4) is 5.75 Å². The maximum atomic E-state index is 12.2. The number of benzene rings is 1. The van der Waals surface area contributed by atoms with Crippen LogP contribution < -0.4 is 4.74 Å². The number of carbonyl (C=O) groups excluding carboxylic acids is 1. The molecule has 0 amide bonds. The second-order valence-electron chi connectivity index (χ2n) is 4.29. The van der Waals surface area contributed by atoms with E-state index in [1.54, 1.807) is 0 Å². The molecule has 1 rings (SSSR count). The number of ketones is 1. The van der Waals surface area contributed by atoms with Crippen LogP contribution in [-0.2, 0) is 4.74 Å². The molecule has 0 bridgehead atoms. The van der Waals surface area contributed by atoms with Gasteiger partial charge in [-0.2, -0.15) is 0 Å². The van der Waals surface area contributed by atoms with E-state index in [9.17, 15) is 4.79 Å². The second kappa shape index (κ2) is 8.67. The largest absolute Gasteiger partial charge is 0.493 e. The van der Waals surface area contributed by atoms with Gasteiger partial charge in [0.1, 0.15) is 5.75 Å². The van der Waals surface area contributed by atoms with Gasteiger partial charge in [0.2, 0.25) is 0 Å². The summed E-state index contributed by atoms with van der Waals surface area (Å²) in [5, 5.41) is 0. The van der Waals surface area contributed by atoms with E-state index in [1.807, 2.05) is 50.1 Å². The molecule has 0 fully saturated rings. The lowest BCUT2D eigenvalue weighted by Crippen LogP contribution is -2.29. The van der Waals surface area contributed by atoms with Crippen LogP contribution in [0.2, 0.25) is 0 Å². The van der Waals surface area contributed by atoms with Crippen LogP contribution in [0.25, 0.3) is 0 Å². The summed E-state index contributed by atoms with van der Waals surface area (Å²) >= 11 is 0. The van der Waals surface area contributed by atoms with Crippen molar-refractivity contribution in [3.05, 3.63) is 29.8 Å². The highest BCUT2D eigenvalue weighted by Crippen LogP contribution is 2.18. The number of likely N-dealkylation sites (N-methyl/N-ethyl adjacent to an activating group) is 1. The van der Waals surface area contributed by atoms with Gasteiger partial charge in [0.15, 0.2) is 5.78 Å². The fourth-order valence-corrected chi connectivity index (χ4v) is 1.75. The van der Waals surface area contributed by atoms with E-state index in [1.165, 1.54) is 0 Å². The summed E-state index contributed by atoms with van der Waals surface area (Å²) in [6, 6.07) is 7.37. The van der Waals surface area contributed by atoms with Crippen molar-refractivity contribution < 1.29 is 14.3 Å². The number of hydrogen-bond donors (Lipinski definition) is 0. The predicted octanol–water partition coefficient (Wildman–Crippen LogP) is 2.24. The molecule has 0 saturated carbocycles. The van der Waals surface area contributed by atoms with E-state index in [0.717, 1.165) is 6.54 Å². The first-order valence-corrected chi connectivity index (χ1v) is 6.70. The SMILES string of the molecule is CCOCCN(C)CC(=O)c1ccccc1OCC. The number of nitrogens with zero attached hydrogens (tertiary/aromatic N) is 1. The Balaban J connectivity index is 2.57. The minimum absolute atomic E-state index is 0.0723. The van der Waals surface area contributed by atoms with Crippen LogP contribution in [0.5, 0.6) is 5.75 Å². The van der Waals surface area contributed by atoms with Gasteiger partial charge < -0.3 is 9.47 Å². The zero-order valence-corrected chi connectivity index (χ0v) is 12.0. The van der Waals surface area contributed by atoms with Crippen LogP contribution in [0.15, 0.2) is 24.3 Å². The molecule has 4 nitrogen and oxygen atoms in total. The molecule has 0 spiro atoms. The molecule has 0 radical (unpaired) electrons. The Morgan fingerprint density at radius 2 is 1.95 bits per heavy atom. The Bertz CT molecular complexity index is 393. The van der Waals surface area contributed by atoms with E-state index >= 15 is 0 Å². The lowest BCUT2D eigenvalue weighted by atomic mass is 10.1. The Morgan fingerprint density at radius 3 is 2.63 bits per heavy atom. The fourth-order valence-electron chi connectivity index (χ4n) is 1.75. The normalized spacial score (nSPS) is 10.7. The van der Waals surface area contributed by atoms with Crippen LogP contribution in [0.1, 0.15) is 24.2 Å². The van der Waals surface area contributed by atoms with Gasteiger partial charge in [0.05, 0.1) is 25.3 Å². The lowest BCUT2D eigenvalue weighted by molar-refractivity contribution is 0.0893. The molecule has 0 saturated heterocycles.